The molecule has 0 aliphatic carbocycles. The number of hydrogen-bond acceptors (Lipinski definition) is 4. The van der Waals surface area contributed by atoms with Gasteiger partial charge < -0.3 is 10.4 Å². The largest absolute Gasteiger partial charge is 0.478 e. The standard InChI is InChI=1S/C16H13ClN4O2/c1-10-5-15(19-13-6-11(16(22)23)8-18-9-13)21(20-10)14-4-2-3-12(17)7-14/h2-9,19H,1H3,(H,22,23). The van der Waals surface area contributed by atoms with Crippen molar-refractivity contribution in [2.24, 2.45) is 0 Å². The Hall–Kier alpha value is -2.86. The van der Waals surface area contributed by atoms with E-state index >= 15 is 0 Å². The molecule has 0 fully saturated rings. The summed E-state index contributed by atoms with van der Waals surface area (Å²) in [7, 11) is 0. The van der Waals surface area contributed by atoms with Gasteiger partial charge >= 0.3 is 5.97 Å². The molecule has 6 nitrogen and oxygen atoms in total. The Morgan fingerprint density at radius 3 is 2.83 bits per heavy atom. The third-order valence-electron chi connectivity index (χ3n) is 3.14. The molecule has 0 unspecified atom stereocenters. The van der Waals surface area contributed by atoms with Gasteiger partial charge in [0.05, 0.1) is 28.8 Å². The molecule has 0 bridgehead atoms. The van der Waals surface area contributed by atoms with Gasteiger partial charge in [-0.15, -0.1) is 0 Å². The van der Waals surface area contributed by atoms with Gasteiger partial charge in [0, 0.05) is 17.3 Å². The van der Waals surface area contributed by atoms with Crippen molar-refractivity contribution in [3.05, 3.63) is 65.1 Å². The van der Waals surface area contributed by atoms with E-state index < -0.39 is 5.97 Å². The van der Waals surface area contributed by atoms with E-state index in [1.807, 2.05) is 25.1 Å². The molecule has 2 heterocycles. The van der Waals surface area contributed by atoms with Crippen LogP contribution in [-0.4, -0.2) is 25.8 Å². The first-order valence-corrected chi connectivity index (χ1v) is 7.19. The van der Waals surface area contributed by atoms with Crippen molar-refractivity contribution in [1.82, 2.24) is 14.8 Å². The number of pyridine rings is 1. The lowest BCUT2D eigenvalue weighted by molar-refractivity contribution is 0.0696. The predicted molar refractivity (Wildman–Crippen MR) is 87.8 cm³/mol. The highest BCUT2D eigenvalue weighted by molar-refractivity contribution is 6.30. The summed E-state index contributed by atoms with van der Waals surface area (Å²) in [4.78, 5) is 15.0. The zero-order valence-corrected chi connectivity index (χ0v) is 12.9. The zero-order chi connectivity index (χ0) is 16.4. The molecule has 0 spiro atoms. The summed E-state index contributed by atoms with van der Waals surface area (Å²) < 4.78 is 1.70. The molecule has 0 amide bonds. The number of halogens is 1. The van der Waals surface area contributed by atoms with E-state index in [-0.39, 0.29) is 5.56 Å². The molecule has 7 heteroatoms. The van der Waals surface area contributed by atoms with Crippen LogP contribution in [-0.2, 0) is 0 Å². The van der Waals surface area contributed by atoms with Gasteiger partial charge in [0.1, 0.15) is 5.82 Å². The maximum atomic E-state index is 11.0. The van der Waals surface area contributed by atoms with Gasteiger partial charge in [0.2, 0.25) is 0 Å². The molecule has 0 atom stereocenters. The molecule has 0 aliphatic rings. The number of nitrogens with one attached hydrogen (secondary N) is 1. The van der Waals surface area contributed by atoms with Crippen LogP contribution in [0.25, 0.3) is 5.69 Å². The van der Waals surface area contributed by atoms with Crippen molar-refractivity contribution in [2.45, 2.75) is 6.92 Å². The number of benzene rings is 1. The molecular weight excluding hydrogens is 316 g/mol. The number of carboxylic acid groups (broad SMARTS) is 1. The van der Waals surface area contributed by atoms with Gasteiger partial charge in [-0.25, -0.2) is 9.48 Å². The topological polar surface area (TPSA) is 80.0 Å². The van der Waals surface area contributed by atoms with E-state index in [1.54, 1.807) is 23.0 Å². The first-order chi connectivity index (χ1) is 11.0. The quantitative estimate of drug-likeness (QED) is 0.763. The average Bonchev–Trinajstić information content (AvgIpc) is 2.88. The fraction of sp³-hybridized carbons (Fsp3) is 0.0625. The maximum Gasteiger partial charge on any atom is 0.337 e. The van der Waals surface area contributed by atoms with Gasteiger partial charge in [-0.3, -0.25) is 4.98 Å². The van der Waals surface area contributed by atoms with Crippen LogP contribution in [0.15, 0.2) is 48.8 Å². The SMILES string of the molecule is Cc1cc(Nc2cncc(C(=O)O)c2)n(-c2cccc(Cl)c2)n1. The molecule has 3 rings (SSSR count). The van der Waals surface area contributed by atoms with E-state index in [2.05, 4.69) is 15.4 Å². The first kappa shape index (κ1) is 15.1. The number of carbonyl (C=O) groups is 1. The molecule has 0 saturated heterocycles. The third-order valence-corrected chi connectivity index (χ3v) is 3.38. The van der Waals surface area contributed by atoms with Crippen LogP contribution in [0.3, 0.4) is 0 Å². The number of carboxylic acids is 1. The van der Waals surface area contributed by atoms with Crippen LogP contribution < -0.4 is 5.32 Å². The van der Waals surface area contributed by atoms with E-state index in [1.165, 1.54) is 12.3 Å². The molecular formula is C16H13ClN4O2. The van der Waals surface area contributed by atoms with Gasteiger partial charge in [-0.05, 0) is 31.2 Å². The summed E-state index contributed by atoms with van der Waals surface area (Å²) in [5.41, 5.74) is 2.29. The van der Waals surface area contributed by atoms with E-state index in [0.29, 0.717) is 16.5 Å². The normalized spacial score (nSPS) is 10.5. The van der Waals surface area contributed by atoms with Crippen molar-refractivity contribution in [3.63, 3.8) is 0 Å². The number of aromatic carboxylic acids is 1. The van der Waals surface area contributed by atoms with E-state index in [4.69, 9.17) is 16.7 Å². The van der Waals surface area contributed by atoms with E-state index in [0.717, 1.165) is 11.4 Å². The van der Waals surface area contributed by atoms with E-state index in [9.17, 15) is 4.79 Å². The lowest BCUT2D eigenvalue weighted by Gasteiger charge is -2.10. The van der Waals surface area contributed by atoms with Gasteiger partial charge in [-0.1, -0.05) is 17.7 Å². The maximum absolute atomic E-state index is 11.0. The summed E-state index contributed by atoms with van der Waals surface area (Å²) in [6.45, 7) is 1.87. The highest BCUT2D eigenvalue weighted by Gasteiger charge is 2.10. The molecule has 0 saturated carbocycles. The number of aryl methyl sites for hydroxylation is 1. The van der Waals surface area contributed by atoms with Crippen molar-refractivity contribution < 1.29 is 9.90 Å². The smallest absolute Gasteiger partial charge is 0.337 e. The number of anilines is 2. The van der Waals surface area contributed by atoms with Crippen molar-refractivity contribution in [1.29, 1.82) is 0 Å². The summed E-state index contributed by atoms with van der Waals surface area (Å²) in [6.07, 6.45) is 2.85. The summed E-state index contributed by atoms with van der Waals surface area (Å²) in [6, 6.07) is 10.7. The minimum atomic E-state index is -1.03. The Morgan fingerprint density at radius 2 is 2.09 bits per heavy atom. The monoisotopic (exact) mass is 328 g/mol. The molecule has 0 radical (unpaired) electrons. The molecule has 116 valence electrons. The molecule has 1 aromatic carbocycles. The lowest BCUT2D eigenvalue weighted by Crippen LogP contribution is -2.04. The molecule has 23 heavy (non-hydrogen) atoms. The van der Waals surface area contributed by atoms with Gasteiger partial charge in [-0.2, -0.15) is 5.10 Å². The van der Waals surface area contributed by atoms with Crippen LogP contribution in [0.1, 0.15) is 16.1 Å². The molecule has 0 aliphatic heterocycles. The third kappa shape index (κ3) is 3.32. The highest BCUT2D eigenvalue weighted by Crippen LogP contribution is 2.23. The Morgan fingerprint density at radius 1 is 1.26 bits per heavy atom. The van der Waals surface area contributed by atoms with Gasteiger partial charge in [0.15, 0.2) is 0 Å². The first-order valence-electron chi connectivity index (χ1n) is 6.81. The lowest BCUT2D eigenvalue weighted by atomic mass is 10.2. The average molecular weight is 329 g/mol. The van der Waals surface area contributed by atoms with Crippen molar-refractivity contribution >= 4 is 29.1 Å². The number of hydrogen-bond donors (Lipinski definition) is 2. The number of nitrogens with zero attached hydrogens (tertiary/aromatic N) is 3. The fourth-order valence-electron chi connectivity index (χ4n) is 2.17. The number of rotatable bonds is 4. The Kier molecular flexibility index (Phi) is 3.99. The van der Waals surface area contributed by atoms with Gasteiger partial charge in [0.25, 0.3) is 0 Å². The number of aromatic nitrogens is 3. The molecule has 2 aromatic heterocycles. The Labute approximate surface area is 137 Å². The second-order valence-electron chi connectivity index (χ2n) is 4.96. The van der Waals surface area contributed by atoms with Crippen LogP contribution in [0.2, 0.25) is 5.02 Å². The Bertz CT molecular complexity index is 876. The van der Waals surface area contributed by atoms with Crippen molar-refractivity contribution in [3.8, 4) is 5.69 Å². The van der Waals surface area contributed by atoms with Crippen molar-refractivity contribution in [2.75, 3.05) is 5.32 Å². The summed E-state index contributed by atoms with van der Waals surface area (Å²) in [5.74, 6) is -0.338. The molecule has 3 aromatic rings. The van der Waals surface area contributed by atoms with Crippen LogP contribution >= 0.6 is 11.6 Å². The predicted octanol–water partition coefficient (Wildman–Crippen LogP) is 3.67. The Balaban J connectivity index is 1.98. The van der Waals surface area contributed by atoms with Crippen LogP contribution in [0.4, 0.5) is 11.5 Å². The minimum Gasteiger partial charge on any atom is -0.478 e. The fourth-order valence-corrected chi connectivity index (χ4v) is 2.35. The zero-order valence-electron chi connectivity index (χ0n) is 12.2. The summed E-state index contributed by atoms with van der Waals surface area (Å²) >= 11 is 6.03. The second-order valence-corrected chi connectivity index (χ2v) is 5.39. The van der Waals surface area contributed by atoms with Crippen LogP contribution in [0, 0.1) is 6.92 Å². The van der Waals surface area contributed by atoms with Crippen LogP contribution in [0.5, 0.6) is 0 Å². The minimum absolute atomic E-state index is 0.112. The highest BCUT2D eigenvalue weighted by atomic mass is 35.5. The molecule has 2 N–H and O–H groups in total. The second kappa shape index (κ2) is 6.10. The summed E-state index contributed by atoms with van der Waals surface area (Å²) in [5, 5.41) is 17.2.